The van der Waals surface area contributed by atoms with Gasteiger partial charge in [0, 0.05) is 23.0 Å². The van der Waals surface area contributed by atoms with Crippen LogP contribution in [0.15, 0.2) is 16.6 Å². The molecule has 1 aromatic heterocycles. The highest BCUT2D eigenvalue weighted by molar-refractivity contribution is 9.10. The molecule has 0 aliphatic carbocycles. The van der Waals surface area contributed by atoms with Crippen LogP contribution in [-0.4, -0.2) is 11.6 Å². The van der Waals surface area contributed by atoms with Crippen molar-refractivity contribution < 1.29 is 4.74 Å². The number of ether oxygens (including phenoxy) is 1. The zero-order valence-corrected chi connectivity index (χ0v) is 13.4. The third-order valence-electron chi connectivity index (χ3n) is 2.94. The van der Waals surface area contributed by atoms with Crippen molar-refractivity contribution in [2.75, 3.05) is 11.9 Å². The van der Waals surface area contributed by atoms with E-state index >= 15 is 0 Å². The first-order chi connectivity index (χ1) is 9.67. The minimum absolute atomic E-state index is 0.246. The Hall–Kier alpha value is -1.29. The Morgan fingerprint density at radius 2 is 2.40 bits per heavy atom. The van der Waals surface area contributed by atoms with Crippen LogP contribution >= 0.6 is 38.9 Å². The second-order valence-corrected chi connectivity index (χ2v) is 6.53. The molecule has 4 nitrogen and oxygen atoms in total. The molecule has 7 heteroatoms. The topological polar surface area (TPSA) is 57.9 Å². The molecule has 102 valence electrons. The lowest BCUT2D eigenvalue weighted by Crippen LogP contribution is -2.01. The standard InChI is InChI=1S/C13H9BrClN3OS/c14-9-3-7-1-2-19-11(7)8(4-9)6-17-13-18-12(15)10(5-16)20-13/h3-4H,1-2,6H2,(H,17,18). The molecule has 1 aliphatic heterocycles. The van der Waals surface area contributed by atoms with Gasteiger partial charge >= 0.3 is 0 Å². The fourth-order valence-corrected chi connectivity index (χ4v) is 3.59. The molecule has 0 amide bonds. The third kappa shape index (κ3) is 2.62. The Kier molecular flexibility index (Phi) is 3.83. The van der Waals surface area contributed by atoms with Crippen LogP contribution in [0.5, 0.6) is 5.75 Å². The van der Waals surface area contributed by atoms with Crippen molar-refractivity contribution in [1.29, 1.82) is 5.26 Å². The summed E-state index contributed by atoms with van der Waals surface area (Å²) in [6.07, 6.45) is 0.934. The van der Waals surface area contributed by atoms with Crippen LogP contribution in [0.2, 0.25) is 5.15 Å². The first kappa shape index (κ1) is 13.7. The van der Waals surface area contributed by atoms with Gasteiger partial charge in [0.1, 0.15) is 16.7 Å². The molecule has 2 aromatic rings. The number of anilines is 1. The monoisotopic (exact) mass is 369 g/mol. The predicted molar refractivity (Wildman–Crippen MR) is 82.5 cm³/mol. The van der Waals surface area contributed by atoms with E-state index in [1.165, 1.54) is 16.9 Å². The number of benzene rings is 1. The molecule has 3 rings (SSSR count). The Balaban J connectivity index is 1.80. The molecule has 20 heavy (non-hydrogen) atoms. The highest BCUT2D eigenvalue weighted by atomic mass is 79.9. The smallest absolute Gasteiger partial charge is 0.185 e. The second-order valence-electron chi connectivity index (χ2n) is 4.26. The summed E-state index contributed by atoms with van der Waals surface area (Å²) in [4.78, 5) is 4.53. The van der Waals surface area contributed by atoms with Crippen LogP contribution in [0.3, 0.4) is 0 Å². The number of nitrogens with one attached hydrogen (secondary N) is 1. The number of hydrogen-bond acceptors (Lipinski definition) is 5. The molecule has 1 aromatic carbocycles. The molecule has 0 fully saturated rings. The molecule has 0 spiro atoms. The molecule has 1 N–H and O–H groups in total. The molecule has 0 saturated heterocycles. The molecule has 0 atom stereocenters. The van der Waals surface area contributed by atoms with Crippen LogP contribution in [0.25, 0.3) is 0 Å². The van der Waals surface area contributed by atoms with E-state index in [1.807, 2.05) is 12.1 Å². The van der Waals surface area contributed by atoms with Gasteiger partial charge in [-0.3, -0.25) is 0 Å². The van der Waals surface area contributed by atoms with Crippen LogP contribution in [0.4, 0.5) is 5.13 Å². The fraction of sp³-hybridized carbons (Fsp3) is 0.231. The largest absolute Gasteiger partial charge is 0.493 e. The molecular formula is C13H9BrClN3OS. The number of halogens is 2. The molecule has 0 unspecified atom stereocenters. The minimum Gasteiger partial charge on any atom is -0.493 e. The van der Waals surface area contributed by atoms with Gasteiger partial charge in [0.05, 0.1) is 6.61 Å². The van der Waals surface area contributed by atoms with E-state index in [0.29, 0.717) is 16.6 Å². The normalized spacial score (nSPS) is 12.7. The third-order valence-corrected chi connectivity index (χ3v) is 4.70. The minimum atomic E-state index is 0.246. The average molecular weight is 371 g/mol. The average Bonchev–Trinajstić information content (AvgIpc) is 3.01. The number of thiazole rings is 1. The first-order valence-electron chi connectivity index (χ1n) is 5.92. The van der Waals surface area contributed by atoms with E-state index in [1.54, 1.807) is 0 Å². The Labute approximate surface area is 133 Å². The summed E-state index contributed by atoms with van der Waals surface area (Å²) in [5.74, 6) is 0.948. The van der Waals surface area contributed by atoms with E-state index in [9.17, 15) is 0 Å². The van der Waals surface area contributed by atoms with Gasteiger partial charge in [-0.25, -0.2) is 4.98 Å². The number of rotatable bonds is 3. The lowest BCUT2D eigenvalue weighted by atomic mass is 10.1. The fourth-order valence-electron chi connectivity index (χ4n) is 2.09. The summed E-state index contributed by atoms with van der Waals surface area (Å²) in [6, 6.07) is 6.13. The lowest BCUT2D eigenvalue weighted by Gasteiger charge is -2.09. The van der Waals surface area contributed by atoms with E-state index < -0.39 is 0 Å². The Morgan fingerprint density at radius 1 is 1.55 bits per heavy atom. The van der Waals surface area contributed by atoms with Crippen molar-refractivity contribution in [2.24, 2.45) is 0 Å². The summed E-state index contributed by atoms with van der Waals surface area (Å²) in [5, 5.41) is 12.9. The van der Waals surface area contributed by atoms with Gasteiger partial charge in [-0.1, -0.05) is 38.9 Å². The van der Waals surface area contributed by atoms with Crippen LogP contribution in [-0.2, 0) is 13.0 Å². The van der Waals surface area contributed by atoms with Crippen molar-refractivity contribution in [3.8, 4) is 11.8 Å². The van der Waals surface area contributed by atoms with Crippen molar-refractivity contribution in [2.45, 2.75) is 13.0 Å². The van der Waals surface area contributed by atoms with Crippen LogP contribution in [0.1, 0.15) is 16.0 Å². The Bertz CT molecular complexity index is 710. The molecule has 0 saturated carbocycles. The van der Waals surface area contributed by atoms with Gasteiger partial charge in [-0.15, -0.1) is 0 Å². The molecule has 1 aliphatic rings. The highest BCUT2D eigenvalue weighted by Gasteiger charge is 2.17. The summed E-state index contributed by atoms with van der Waals surface area (Å²) in [7, 11) is 0. The zero-order chi connectivity index (χ0) is 14.1. The van der Waals surface area contributed by atoms with Crippen LogP contribution in [0, 0.1) is 11.3 Å². The summed E-state index contributed by atoms with van der Waals surface area (Å²) < 4.78 is 6.70. The molecule has 0 bridgehead atoms. The number of aromatic nitrogens is 1. The lowest BCUT2D eigenvalue weighted by molar-refractivity contribution is 0.354. The number of hydrogen-bond donors (Lipinski definition) is 1. The van der Waals surface area contributed by atoms with E-state index in [0.717, 1.165) is 28.8 Å². The van der Waals surface area contributed by atoms with E-state index in [2.05, 4.69) is 32.3 Å². The van der Waals surface area contributed by atoms with Gasteiger partial charge in [0.25, 0.3) is 0 Å². The SMILES string of the molecule is N#Cc1sc(NCc2cc(Br)cc3c2OCC3)nc1Cl. The van der Waals surface area contributed by atoms with Crippen molar-refractivity contribution in [1.82, 2.24) is 4.98 Å². The Morgan fingerprint density at radius 3 is 3.15 bits per heavy atom. The zero-order valence-electron chi connectivity index (χ0n) is 10.2. The summed E-state index contributed by atoms with van der Waals surface area (Å²) in [5.41, 5.74) is 2.28. The maximum absolute atomic E-state index is 8.86. The van der Waals surface area contributed by atoms with Gasteiger partial charge < -0.3 is 10.1 Å². The van der Waals surface area contributed by atoms with Crippen molar-refractivity contribution in [3.63, 3.8) is 0 Å². The van der Waals surface area contributed by atoms with E-state index in [4.69, 9.17) is 21.6 Å². The van der Waals surface area contributed by atoms with Gasteiger partial charge in [-0.05, 0) is 17.7 Å². The molecular weight excluding hydrogens is 362 g/mol. The van der Waals surface area contributed by atoms with Gasteiger partial charge in [-0.2, -0.15) is 5.26 Å². The second kappa shape index (κ2) is 5.60. The summed E-state index contributed by atoms with van der Waals surface area (Å²) in [6.45, 7) is 1.30. The highest BCUT2D eigenvalue weighted by Crippen LogP contribution is 2.34. The van der Waals surface area contributed by atoms with Gasteiger partial charge in [0.15, 0.2) is 10.3 Å². The van der Waals surface area contributed by atoms with Crippen molar-refractivity contribution >= 4 is 44.0 Å². The maximum atomic E-state index is 8.86. The maximum Gasteiger partial charge on any atom is 0.185 e. The quantitative estimate of drug-likeness (QED) is 0.888. The first-order valence-corrected chi connectivity index (χ1v) is 7.90. The van der Waals surface area contributed by atoms with Crippen LogP contribution < -0.4 is 10.1 Å². The van der Waals surface area contributed by atoms with Crippen molar-refractivity contribution in [3.05, 3.63) is 37.8 Å². The molecule has 2 heterocycles. The molecule has 0 radical (unpaired) electrons. The van der Waals surface area contributed by atoms with E-state index in [-0.39, 0.29) is 5.15 Å². The number of fused-ring (bicyclic) bond motifs is 1. The summed E-state index contributed by atoms with van der Waals surface area (Å²) >= 11 is 10.6. The number of nitrogens with zero attached hydrogens (tertiary/aromatic N) is 2. The predicted octanol–water partition coefficient (Wildman–Crippen LogP) is 3.98. The van der Waals surface area contributed by atoms with Gasteiger partial charge in [0.2, 0.25) is 0 Å². The number of nitriles is 1.